The molecule has 0 saturated heterocycles. The number of fused-ring (bicyclic) bond motifs is 1. The van der Waals surface area contributed by atoms with Gasteiger partial charge in [0.2, 0.25) is 0 Å². The Morgan fingerprint density at radius 1 is 1.50 bits per heavy atom. The van der Waals surface area contributed by atoms with Gasteiger partial charge in [-0.2, -0.15) is 5.10 Å². The lowest BCUT2D eigenvalue weighted by Gasteiger charge is -2.17. The van der Waals surface area contributed by atoms with E-state index in [0.29, 0.717) is 0 Å². The summed E-state index contributed by atoms with van der Waals surface area (Å²) >= 11 is 0. The normalized spacial score (nSPS) is 15.1. The average molecular weight is 165 g/mol. The van der Waals surface area contributed by atoms with Crippen molar-refractivity contribution in [2.45, 2.75) is 19.8 Å². The number of nitrogens with zero attached hydrogens (tertiary/aromatic N) is 1. The number of anilines is 1. The molecule has 4 heteroatoms. The van der Waals surface area contributed by atoms with Gasteiger partial charge in [0.05, 0.1) is 11.4 Å². The number of hydrogen-bond donors (Lipinski definition) is 2. The van der Waals surface area contributed by atoms with Crippen LogP contribution in [0, 0.1) is 6.92 Å². The van der Waals surface area contributed by atoms with Crippen LogP contribution in [0.2, 0.25) is 0 Å². The number of aromatic nitrogens is 2. The highest BCUT2D eigenvalue weighted by atomic mass is 16.1. The van der Waals surface area contributed by atoms with Crippen molar-refractivity contribution in [1.29, 1.82) is 0 Å². The maximum atomic E-state index is 11.3. The molecule has 1 aromatic heterocycles. The van der Waals surface area contributed by atoms with Gasteiger partial charge in [-0.05, 0) is 19.8 Å². The average Bonchev–Trinajstić information content (AvgIpc) is 2.12. The van der Waals surface area contributed by atoms with E-state index in [1.165, 1.54) is 0 Å². The van der Waals surface area contributed by atoms with Crippen molar-refractivity contribution >= 4 is 5.69 Å². The fourth-order valence-corrected chi connectivity index (χ4v) is 1.54. The molecule has 12 heavy (non-hydrogen) atoms. The van der Waals surface area contributed by atoms with Crippen molar-refractivity contribution in [3.05, 3.63) is 21.6 Å². The number of nitrogens with one attached hydrogen (secondary N) is 2. The molecular weight excluding hydrogens is 154 g/mol. The highest BCUT2D eigenvalue weighted by Crippen LogP contribution is 2.19. The lowest BCUT2D eigenvalue weighted by molar-refractivity contribution is 0.787. The molecule has 4 nitrogen and oxygen atoms in total. The second kappa shape index (κ2) is 2.62. The molecule has 0 fully saturated rings. The van der Waals surface area contributed by atoms with E-state index >= 15 is 0 Å². The van der Waals surface area contributed by atoms with Gasteiger partial charge in [0.1, 0.15) is 0 Å². The predicted molar refractivity (Wildman–Crippen MR) is 46.4 cm³/mol. The first-order valence-electron chi connectivity index (χ1n) is 4.11. The van der Waals surface area contributed by atoms with E-state index in [4.69, 9.17) is 0 Å². The SMILES string of the molecule is Cc1n[nH]c(=O)c2c1NCCC2. The minimum atomic E-state index is -0.0530. The fraction of sp³-hybridized carbons (Fsp3) is 0.500. The summed E-state index contributed by atoms with van der Waals surface area (Å²) in [4.78, 5) is 11.3. The molecule has 2 N–H and O–H groups in total. The molecule has 0 aliphatic carbocycles. The summed E-state index contributed by atoms with van der Waals surface area (Å²) in [7, 11) is 0. The lowest BCUT2D eigenvalue weighted by Crippen LogP contribution is -2.24. The molecular formula is C8H11N3O. The van der Waals surface area contributed by atoms with Crippen LogP contribution >= 0.6 is 0 Å². The largest absolute Gasteiger partial charge is 0.383 e. The summed E-state index contributed by atoms with van der Waals surface area (Å²) in [5.41, 5.74) is 2.62. The molecule has 1 aliphatic rings. The van der Waals surface area contributed by atoms with Crippen molar-refractivity contribution in [2.75, 3.05) is 11.9 Å². The van der Waals surface area contributed by atoms with E-state index in [9.17, 15) is 4.79 Å². The summed E-state index contributed by atoms with van der Waals surface area (Å²) in [6.07, 6.45) is 1.89. The molecule has 0 radical (unpaired) electrons. The predicted octanol–water partition coefficient (Wildman–Crippen LogP) is 0.436. The third kappa shape index (κ3) is 0.995. The van der Waals surface area contributed by atoms with Crippen LogP contribution < -0.4 is 10.9 Å². The van der Waals surface area contributed by atoms with Crippen LogP contribution in [0.5, 0.6) is 0 Å². The minimum absolute atomic E-state index is 0.0530. The van der Waals surface area contributed by atoms with Crippen molar-refractivity contribution < 1.29 is 0 Å². The smallest absolute Gasteiger partial charge is 0.269 e. The monoisotopic (exact) mass is 165 g/mol. The Balaban J connectivity index is 2.64. The zero-order chi connectivity index (χ0) is 8.55. The Morgan fingerprint density at radius 2 is 2.33 bits per heavy atom. The highest BCUT2D eigenvalue weighted by Gasteiger charge is 2.14. The topological polar surface area (TPSA) is 57.8 Å². The van der Waals surface area contributed by atoms with Crippen LogP contribution in [0.25, 0.3) is 0 Å². The Hall–Kier alpha value is -1.32. The van der Waals surface area contributed by atoms with Gasteiger partial charge in [-0.1, -0.05) is 0 Å². The van der Waals surface area contributed by atoms with Gasteiger partial charge < -0.3 is 5.32 Å². The Kier molecular flexibility index (Phi) is 1.60. The van der Waals surface area contributed by atoms with Crippen LogP contribution in [0.4, 0.5) is 5.69 Å². The van der Waals surface area contributed by atoms with Gasteiger partial charge in [-0.15, -0.1) is 0 Å². The second-order valence-corrected chi connectivity index (χ2v) is 3.02. The van der Waals surface area contributed by atoms with E-state index < -0.39 is 0 Å². The van der Waals surface area contributed by atoms with Gasteiger partial charge in [0.15, 0.2) is 0 Å². The molecule has 0 amide bonds. The summed E-state index contributed by atoms with van der Waals surface area (Å²) in [5, 5.41) is 9.56. The molecule has 0 unspecified atom stereocenters. The Bertz CT molecular complexity index is 356. The van der Waals surface area contributed by atoms with E-state index in [-0.39, 0.29) is 5.56 Å². The van der Waals surface area contributed by atoms with Gasteiger partial charge in [-0.3, -0.25) is 4.79 Å². The molecule has 0 atom stereocenters. The van der Waals surface area contributed by atoms with Crippen LogP contribution in [0.3, 0.4) is 0 Å². The maximum Gasteiger partial charge on any atom is 0.269 e. The van der Waals surface area contributed by atoms with Crippen molar-refractivity contribution in [3.8, 4) is 0 Å². The standard InChI is InChI=1S/C8H11N3O/c1-5-7-6(3-2-4-9-7)8(12)11-10-5/h9H,2-4H2,1H3,(H,11,12). The zero-order valence-electron chi connectivity index (χ0n) is 6.98. The summed E-state index contributed by atoms with van der Waals surface area (Å²) in [6.45, 7) is 2.84. The minimum Gasteiger partial charge on any atom is -0.383 e. The third-order valence-electron chi connectivity index (χ3n) is 2.17. The fourth-order valence-electron chi connectivity index (χ4n) is 1.54. The van der Waals surface area contributed by atoms with Crippen molar-refractivity contribution in [2.24, 2.45) is 0 Å². The van der Waals surface area contributed by atoms with Gasteiger partial charge in [-0.25, -0.2) is 5.10 Å². The molecule has 0 aromatic carbocycles. The summed E-state index contributed by atoms with van der Waals surface area (Å²) < 4.78 is 0. The molecule has 64 valence electrons. The Labute approximate surface area is 70.0 Å². The van der Waals surface area contributed by atoms with Crippen molar-refractivity contribution in [1.82, 2.24) is 10.2 Å². The second-order valence-electron chi connectivity index (χ2n) is 3.02. The number of aromatic amines is 1. The molecule has 2 rings (SSSR count). The number of hydrogen-bond acceptors (Lipinski definition) is 3. The van der Waals surface area contributed by atoms with Crippen LogP contribution in [0.1, 0.15) is 17.7 Å². The first-order valence-corrected chi connectivity index (χ1v) is 4.11. The van der Waals surface area contributed by atoms with E-state index in [1.807, 2.05) is 6.92 Å². The van der Waals surface area contributed by atoms with Gasteiger partial charge >= 0.3 is 0 Å². The van der Waals surface area contributed by atoms with Crippen molar-refractivity contribution in [3.63, 3.8) is 0 Å². The van der Waals surface area contributed by atoms with Gasteiger partial charge in [0.25, 0.3) is 5.56 Å². The quantitative estimate of drug-likeness (QED) is 0.586. The van der Waals surface area contributed by atoms with E-state index in [0.717, 1.165) is 36.3 Å². The van der Waals surface area contributed by atoms with E-state index in [1.54, 1.807) is 0 Å². The molecule has 0 bridgehead atoms. The highest BCUT2D eigenvalue weighted by molar-refractivity contribution is 5.54. The molecule has 2 heterocycles. The molecule has 0 spiro atoms. The Morgan fingerprint density at radius 3 is 3.08 bits per heavy atom. The lowest BCUT2D eigenvalue weighted by atomic mass is 10.1. The first-order chi connectivity index (χ1) is 5.79. The van der Waals surface area contributed by atoms with E-state index in [2.05, 4.69) is 15.5 Å². The van der Waals surface area contributed by atoms with Gasteiger partial charge in [0, 0.05) is 12.1 Å². The number of aryl methyl sites for hydroxylation is 1. The molecule has 0 saturated carbocycles. The molecule has 1 aromatic rings. The number of H-pyrrole nitrogens is 1. The third-order valence-corrected chi connectivity index (χ3v) is 2.17. The van der Waals surface area contributed by atoms with Crippen LogP contribution in [0.15, 0.2) is 4.79 Å². The summed E-state index contributed by atoms with van der Waals surface area (Å²) in [5.74, 6) is 0. The van der Waals surface area contributed by atoms with Crippen LogP contribution in [-0.4, -0.2) is 16.7 Å². The van der Waals surface area contributed by atoms with Crippen LogP contribution in [-0.2, 0) is 6.42 Å². The first kappa shape index (κ1) is 7.34. The molecule has 1 aliphatic heterocycles. The number of rotatable bonds is 0. The zero-order valence-corrected chi connectivity index (χ0v) is 6.98. The summed E-state index contributed by atoms with van der Waals surface area (Å²) in [6, 6.07) is 0. The maximum absolute atomic E-state index is 11.3.